The van der Waals surface area contributed by atoms with Gasteiger partial charge in [0.2, 0.25) is 5.43 Å². The lowest BCUT2D eigenvalue weighted by Gasteiger charge is -2.18. The third-order valence-electron chi connectivity index (χ3n) is 5.18. The number of halogens is 2. The second kappa shape index (κ2) is 6.98. The van der Waals surface area contributed by atoms with E-state index in [0.29, 0.717) is 16.7 Å². The van der Waals surface area contributed by atoms with Crippen LogP contribution >= 0.6 is 0 Å². The number of aromatic nitrogens is 4. The van der Waals surface area contributed by atoms with Gasteiger partial charge in [-0.2, -0.15) is 0 Å². The second-order valence-electron chi connectivity index (χ2n) is 7.08. The third-order valence-corrected chi connectivity index (χ3v) is 5.18. The van der Waals surface area contributed by atoms with E-state index in [1.807, 2.05) is 0 Å². The minimum absolute atomic E-state index is 0.0669. The Morgan fingerprint density at radius 1 is 1.06 bits per heavy atom. The SMILES string of the molecule is CC(c1oc2ccc(F)cc2c(=O)c1-c1cccc(F)c1)n1cnc2c(N)ncnc21. The molecule has 9 heteroatoms. The molecule has 5 aromatic rings. The van der Waals surface area contributed by atoms with Crippen LogP contribution in [0.4, 0.5) is 14.6 Å². The molecule has 0 spiro atoms. The second-order valence-corrected chi connectivity index (χ2v) is 7.08. The van der Waals surface area contributed by atoms with Crippen molar-refractivity contribution in [2.45, 2.75) is 13.0 Å². The number of benzene rings is 2. The number of fused-ring (bicyclic) bond motifs is 2. The molecule has 154 valence electrons. The number of nitrogens with two attached hydrogens (primary N) is 1. The zero-order chi connectivity index (χ0) is 21.7. The van der Waals surface area contributed by atoms with Crippen molar-refractivity contribution in [2.75, 3.05) is 5.73 Å². The topological polar surface area (TPSA) is 99.8 Å². The van der Waals surface area contributed by atoms with Crippen LogP contribution in [0.15, 0.2) is 64.3 Å². The fourth-order valence-electron chi connectivity index (χ4n) is 3.68. The number of nitrogens with zero attached hydrogens (tertiary/aromatic N) is 4. The molecule has 5 rings (SSSR count). The predicted molar refractivity (Wildman–Crippen MR) is 111 cm³/mol. The van der Waals surface area contributed by atoms with E-state index in [1.165, 1.54) is 43.0 Å². The zero-order valence-electron chi connectivity index (χ0n) is 16.2. The Morgan fingerprint density at radius 2 is 1.87 bits per heavy atom. The first-order valence-electron chi connectivity index (χ1n) is 9.39. The molecule has 1 unspecified atom stereocenters. The van der Waals surface area contributed by atoms with Crippen molar-refractivity contribution in [3.05, 3.63) is 82.7 Å². The van der Waals surface area contributed by atoms with Crippen molar-refractivity contribution in [3.63, 3.8) is 0 Å². The molecule has 0 aliphatic heterocycles. The predicted octanol–water partition coefficient (Wildman–Crippen LogP) is 4.07. The zero-order valence-corrected chi connectivity index (χ0v) is 16.2. The molecule has 0 fully saturated rings. The van der Waals surface area contributed by atoms with E-state index in [1.54, 1.807) is 17.6 Å². The van der Waals surface area contributed by atoms with Crippen molar-refractivity contribution in [2.24, 2.45) is 0 Å². The van der Waals surface area contributed by atoms with Crippen LogP contribution in [0.25, 0.3) is 33.3 Å². The van der Waals surface area contributed by atoms with Crippen LogP contribution in [0, 0.1) is 11.6 Å². The Balaban J connectivity index is 1.83. The summed E-state index contributed by atoms with van der Waals surface area (Å²) in [7, 11) is 0. The fraction of sp³-hybridized carbons (Fsp3) is 0.0909. The molecule has 0 saturated carbocycles. The van der Waals surface area contributed by atoms with Crippen LogP contribution in [0.5, 0.6) is 0 Å². The number of hydrogen-bond acceptors (Lipinski definition) is 6. The van der Waals surface area contributed by atoms with Gasteiger partial charge in [0.25, 0.3) is 0 Å². The lowest BCUT2D eigenvalue weighted by molar-refractivity contribution is 0.467. The summed E-state index contributed by atoms with van der Waals surface area (Å²) in [4.78, 5) is 25.8. The molecule has 0 bridgehead atoms. The molecule has 0 aliphatic carbocycles. The van der Waals surface area contributed by atoms with Crippen LogP contribution in [-0.2, 0) is 0 Å². The molecular weight excluding hydrogens is 404 g/mol. The average Bonchev–Trinajstić information content (AvgIpc) is 3.19. The van der Waals surface area contributed by atoms with Gasteiger partial charge in [-0.1, -0.05) is 12.1 Å². The van der Waals surface area contributed by atoms with Crippen molar-refractivity contribution >= 4 is 28.0 Å². The molecule has 3 aromatic heterocycles. The van der Waals surface area contributed by atoms with Crippen LogP contribution in [0.1, 0.15) is 18.7 Å². The van der Waals surface area contributed by atoms with Gasteiger partial charge < -0.3 is 14.7 Å². The van der Waals surface area contributed by atoms with Gasteiger partial charge in [-0.25, -0.2) is 23.7 Å². The normalized spacial score (nSPS) is 12.5. The number of anilines is 1. The highest BCUT2D eigenvalue weighted by molar-refractivity contribution is 5.84. The number of nitrogen functional groups attached to an aromatic ring is 1. The summed E-state index contributed by atoms with van der Waals surface area (Å²) in [5.41, 5.74) is 6.94. The van der Waals surface area contributed by atoms with E-state index in [9.17, 15) is 13.6 Å². The highest BCUT2D eigenvalue weighted by Crippen LogP contribution is 2.33. The molecule has 1 atom stereocenters. The lowest BCUT2D eigenvalue weighted by Crippen LogP contribution is -2.15. The van der Waals surface area contributed by atoms with Gasteiger partial charge in [0.15, 0.2) is 11.5 Å². The molecule has 2 aromatic carbocycles. The Bertz CT molecular complexity index is 1530. The van der Waals surface area contributed by atoms with E-state index in [4.69, 9.17) is 10.2 Å². The van der Waals surface area contributed by atoms with Crippen LogP contribution in [-0.4, -0.2) is 19.5 Å². The van der Waals surface area contributed by atoms with E-state index < -0.39 is 23.1 Å². The van der Waals surface area contributed by atoms with Crippen molar-refractivity contribution < 1.29 is 13.2 Å². The number of imidazole rings is 1. The first-order chi connectivity index (χ1) is 14.9. The van der Waals surface area contributed by atoms with Crippen molar-refractivity contribution in [1.82, 2.24) is 19.5 Å². The molecular formula is C22H15F2N5O2. The maximum Gasteiger partial charge on any atom is 0.200 e. The summed E-state index contributed by atoms with van der Waals surface area (Å²) >= 11 is 0. The quantitative estimate of drug-likeness (QED) is 0.473. The largest absolute Gasteiger partial charge is 0.458 e. The Kier molecular flexibility index (Phi) is 4.25. The van der Waals surface area contributed by atoms with Gasteiger partial charge in [-0.3, -0.25) is 4.79 Å². The van der Waals surface area contributed by atoms with Gasteiger partial charge in [0.1, 0.15) is 34.8 Å². The summed E-state index contributed by atoms with van der Waals surface area (Å²) in [6.45, 7) is 1.79. The van der Waals surface area contributed by atoms with Gasteiger partial charge in [-0.05, 0) is 42.8 Å². The first kappa shape index (κ1) is 18.9. The molecule has 0 radical (unpaired) electrons. The molecule has 7 nitrogen and oxygen atoms in total. The maximum atomic E-state index is 14.0. The molecule has 0 aliphatic rings. The Hall–Kier alpha value is -4.14. The molecule has 0 saturated heterocycles. The van der Waals surface area contributed by atoms with Crippen molar-refractivity contribution in [1.29, 1.82) is 0 Å². The number of hydrogen-bond donors (Lipinski definition) is 1. The van der Waals surface area contributed by atoms with Crippen LogP contribution in [0.2, 0.25) is 0 Å². The van der Waals surface area contributed by atoms with Gasteiger partial charge >= 0.3 is 0 Å². The lowest BCUT2D eigenvalue weighted by atomic mass is 9.99. The van der Waals surface area contributed by atoms with Crippen molar-refractivity contribution in [3.8, 4) is 11.1 Å². The third kappa shape index (κ3) is 3.02. The van der Waals surface area contributed by atoms with Gasteiger partial charge in [0.05, 0.1) is 23.3 Å². The smallest absolute Gasteiger partial charge is 0.200 e. The van der Waals surface area contributed by atoms with E-state index in [-0.39, 0.29) is 28.1 Å². The molecule has 2 N–H and O–H groups in total. The minimum Gasteiger partial charge on any atom is -0.458 e. The summed E-state index contributed by atoms with van der Waals surface area (Å²) in [5.74, 6) is -0.607. The van der Waals surface area contributed by atoms with E-state index in [0.717, 1.165) is 6.07 Å². The molecule has 3 heterocycles. The standard InChI is InChI=1S/C22H15F2N5O2/c1-11(29-10-28-18-21(25)26-9-27-22(18)29)20-17(12-3-2-4-13(23)7-12)19(30)15-8-14(24)5-6-16(15)31-20/h2-11H,1H3,(H2,25,26,27). The van der Waals surface area contributed by atoms with E-state index in [2.05, 4.69) is 15.0 Å². The summed E-state index contributed by atoms with van der Waals surface area (Å²) < 4.78 is 35.6. The number of rotatable bonds is 3. The van der Waals surface area contributed by atoms with Crippen LogP contribution < -0.4 is 11.2 Å². The van der Waals surface area contributed by atoms with Gasteiger partial charge in [0, 0.05) is 0 Å². The minimum atomic E-state index is -0.571. The Morgan fingerprint density at radius 3 is 2.68 bits per heavy atom. The summed E-state index contributed by atoms with van der Waals surface area (Å²) in [6, 6.07) is 8.75. The monoisotopic (exact) mass is 419 g/mol. The fourth-order valence-corrected chi connectivity index (χ4v) is 3.68. The summed E-state index contributed by atoms with van der Waals surface area (Å²) in [6.07, 6.45) is 2.83. The summed E-state index contributed by atoms with van der Waals surface area (Å²) in [5, 5.41) is 0.0669. The highest BCUT2D eigenvalue weighted by Gasteiger charge is 2.24. The molecule has 31 heavy (non-hydrogen) atoms. The van der Waals surface area contributed by atoms with Crippen LogP contribution in [0.3, 0.4) is 0 Å². The Labute approximate surface area is 173 Å². The average molecular weight is 419 g/mol. The van der Waals surface area contributed by atoms with Gasteiger partial charge in [-0.15, -0.1) is 0 Å². The molecule has 0 amide bonds. The maximum absolute atomic E-state index is 14.0. The van der Waals surface area contributed by atoms with E-state index >= 15 is 0 Å². The first-order valence-corrected chi connectivity index (χ1v) is 9.39. The highest BCUT2D eigenvalue weighted by atomic mass is 19.1.